The molecule has 12 heteroatoms. The molecule has 2 heterocycles. The van der Waals surface area contributed by atoms with Gasteiger partial charge >= 0.3 is 11.9 Å². The first kappa shape index (κ1) is 21.9. The van der Waals surface area contributed by atoms with Crippen LogP contribution in [0.3, 0.4) is 0 Å². The standard InChI is InChI=1S/C18H25N5O7/c1-26-7-13(24)29-6-10-4-11(5-12(10)30-17(25)18(27-2)28-3)23-9-22-14-15(19)20-8-21-16(14)23/h8-12,18H,4-7H2,1-3H3,(H2,19,20,21)/t10-,11-,12+/m1/s1. The van der Waals surface area contributed by atoms with Crippen LogP contribution in [0.25, 0.3) is 11.2 Å². The van der Waals surface area contributed by atoms with Crippen molar-refractivity contribution < 1.29 is 33.3 Å². The molecule has 1 fully saturated rings. The number of aromatic nitrogens is 4. The monoisotopic (exact) mass is 423 g/mol. The summed E-state index contributed by atoms with van der Waals surface area (Å²) < 4.78 is 27.5. The number of hydrogen-bond acceptors (Lipinski definition) is 11. The molecule has 0 aromatic carbocycles. The highest BCUT2D eigenvalue weighted by Gasteiger charge is 2.40. The fourth-order valence-electron chi connectivity index (χ4n) is 3.60. The molecule has 1 aliphatic rings. The van der Waals surface area contributed by atoms with Gasteiger partial charge in [-0.15, -0.1) is 0 Å². The topological polar surface area (TPSA) is 150 Å². The Bertz CT molecular complexity index is 885. The molecule has 0 bridgehead atoms. The molecule has 0 aliphatic heterocycles. The van der Waals surface area contributed by atoms with E-state index in [4.69, 9.17) is 29.4 Å². The Hall–Kier alpha value is -2.83. The molecule has 0 amide bonds. The van der Waals surface area contributed by atoms with E-state index in [1.807, 2.05) is 4.57 Å². The van der Waals surface area contributed by atoms with Crippen molar-refractivity contribution in [2.24, 2.45) is 5.92 Å². The van der Waals surface area contributed by atoms with E-state index in [1.54, 1.807) is 6.33 Å². The fourth-order valence-corrected chi connectivity index (χ4v) is 3.60. The van der Waals surface area contributed by atoms with Crippen LogP contribution in [0.1, 0.15) is 18.9 Å². The van der Waals surface area contributed by atoms with Crippen LogP contribution in [0.15, 0.2) is 12.7 Å². The Labute approximate surface area is 172 Å². The zero-order valence-electron chi connectivity index (χ0n) is 17.0. The van der Waals surface area contributed by atoms with Crippen molar-refractivity contribution in [3.8, 4) is 0 Å². The largest absolute Gasteiger partial charge is 0.464 e. The van der Waals surface area contributed by atoms with Crippen LogP contribution in [0.4, 0.5) is 5.82 Å². The smallest absolute Gasteiger partial charge is 0.363 e. The van der Waals surface area contributed by atoms with Crippen molar-refractivity contribution in [2.45, 2.75) is 31.3 Å². The van der Waals surface area contributed by atoms with Gasteiger partial charge < -0.3 is 34.0 Å². The van der Waals surface area contributed by atoms with Crippen molar-refractivity contribution in [2.75, 3.05) is 40.3 Å². The van der Waals surface area contributed by atoms with Gasteiger partial charge in [0.2, 0.25) is 0 Å². The molecule has 3 rings (SSSR count). The molecule has 0 spiro atoms. The SMILES string of the molecule is COCC(=O)OC[C@H]1C[C@@H](n2cnc3c(N)ncnc32)C[C@@H]1OC(=O)C(OC)OC. The lowest BCUT2D eigenvalue weighted by Crippen LogP contribution is -2.34. The summed E-state index contributed by atoms with van der Waals surface area (Å²) in [5.41, 5.74) is 6.95. The minimum absolute atomic E-state index is 0.0744. The van der Waals surface area contributed by atoms with Crippen molar-refractivity contribution in [1.82, 2.24) is 19.5 Å². The number of carbonyl (C=O) groups excluding carboxylic acids is 2. The number of methoxy groups -OCH3 is 3. The molecule has 12 nitrogen and oxygen atoms in total. The maximum absolute atomic E-state index is 12.3. The first-order valence-corrected chi connectivity index (χ1v) is 9.32. The number of carbonyl (C=O) groups is 2. The first-order chi connectivity index (χ1) is 14.5. The zero-order chi connectivity index (χ0) is 21.7. The van der Waals surface area contributed by atoms with Gasteiger partial charge in [-0.1, -0.05) is 0 Å². The van der Waals surface area contributed by atoms with Crippen LogP contribution >= 0.6 is 0 Å². The van der Waals surface area contributed by atoms with Gasteiger partial charge in [0.15, 0.2) is 11.5 Å². The summed E-state index contributed by atoms with van der Waals surface area (Å²) in [6, 6.07) is -0.100. The summed E-state index contributed by atoms with van der Waals surface area (Å²) in [7, 11) is 4.10. The second-order valence-corrected chi connectivity index (χ2v) is 6.86. The molecule has 0 unspecified atom stereocenters. The molecule has 0 saturated heterocycles. The second kappa shape index (κ2) is 9.78. The molecule has 30 heavy (non-hydrogen) atoms. The fraction of sp³-hybridized carbons (Fsp3) is 0.611. The number of hydrogen-bond donors (Lipinski definition) is 1. The molecule has 1 saturated carbocycles. The number of rotatable bonds is 9. The van der Waals surface area contributed by atoms with Crippen LogP contribution in [-0.4, -0.2) is 78.4 Å². The van der Waals surface area contributed by atoms with Gasteiger partial charge in [-0.3, -0.25) is 0 Å². The van der Waals surface area contributed by atoms with Crippen molar-refractivity contribution in [1.29, 1.82) is 0 Å². The van der Waals surface area contributed by atoms with Gasteiger partial charge in [0.05, 0.1) is 12.9 Å². The Balaban J connectivity index is 1.78. The van der Waals surface area contributed by atoms with Crippen molar-refractivity contribution >= 4 is 28.9 Å². The maximum atomic E-state index is 12.3. The number of esters is 2. The quantitative estimate of drug-likeness (QED) is 0.431. The van der Waals surface area contributed by atoms with Crippen LogP contribution in [0.2, 0.25) is 0 Å². The maximum Gasteiger partial charge on any atom is 0.363 e. The lowest BCUT2D eigenvalue weighted by Gasteiger charge is -2.21. The van der Waals surface area contributed by atoms with Crippen LogP contribution in [0, 0.1) is 5.92 Å². The summed E-state index contributed by atoms with van der Waals surface area (Å²) >= 11 is 0. The predicted octanol–water partition coefficient (Wildman–Crippen LogP) is 0.0799. The Kier molecular flexibility index (Phi) is 7.13. The number of nitrogens with zero attached hydrogens (tertiary/aromatic N) is 4. The van der Waals surface area contributed by atoms with Gasteiger partial charge in [-0.05, 0) is 6.42 Å². The van der Waals surface area contributed by atoms with Gasteiger partial charge in [0.1, 0.15) is 24.6 Å². The van der Waals surface area contributed by atoms with E-state index < -0.39 is 24.3 Å². The van der Waals surface area contributed by atoms with E-state index in [9.17, 15) is 9.59 Å². The summed E-state index contributed by atoms with van der Waals surface area (Å²) in [5.74, 6) is -1.11. The summed E-state index contributed by atoms with van der Waals surface area (Å²) in [6.45, 7) is -0.0800. The minimum atomic E-state index is -1.14. The third kappa shape index (κ3) is 4.66. The zero-order valence-corrected chi connectivity index (χ0v) is 17.0. The van der Waals surface area contributed by atoms with E-state index >= 15 is 0 Å². The van der Waals surface area contributed by atoms with Crippen LogP contribution in [0.5, 0.6) is 0 Å². The highest BCUT2D eigenvalue weighted by atomic mass is 16.7. The van der Waals surface area contributed by atoms with E-state index in [-0.39, 0.29) is 31.0 Å². The molecule has 2 aromatic heterocycles. The first-order valence-electron chi connectivity index (χ1n) is 9.32. The molecule has 3 atom stereocenters. The highest BCUT2D eigenvalue weighted by molar-refractivity contribution is 5.81. The van der Waals surface area contributed by atoms with Crippen molar-refractivity contribution in [3.05, 3.63) is 12.7 Å². The summed E-state index contributed by atoms with van der Waals surface area (Å²) in [4.78, 5) is 36.6. The summed E-state index contributed by atoms with van der Waals surface area (Å²) in [5, 5.41) is 0. The number of nitrogen functional groups attached to an aromatic ring is 1. The Morgan fingerprint density at radius 3 is 2.67 bits per heavy atom. The third-order valence-corrected chi connectivity index (χ3v) is 4.99. The van der Waals surface area contributed by atoms with Crippen molar-refractivity contribution in [3.63, 3.8) is 0 Å². The second-order valence-electron chi connectivity index (χ2n) is 6.86. The number of imidazole rings is 1. The van der Waals surface area contributed by atoms with E-state index in [1.165, 1.54) is 27.7 Å². The normalized spacial score (nSPS) is 21.3. The van der Waals surface area contributed by atoms with Gasteiger partial charge in [-0.2, -0.15) is 0 Å². The number of fused-ring (bicyclic) bond motifs is 1. The number of nitrogens with two attached hydrogens (primary N) is 1. The molecule has 2 N–H and O–H groups in total. The molecular weight excluding hydrogens is 398 g/mol. The Morgan fingerprint density at radius 2 is 1.97 bits per heavy atom. The number of anilines is 1. The lowest BCUT2D eigenvalue weighted by molar-refractivity contribution is -0.191. The molecule has 164 valence electrons. The van der Waals surface area contributed by atoms with Gasteiger partial charge in [0, 0.05) is 39.7 Å². The van der Waals surface area contributed by atoms with Gasteiger partial charge in [0.25, 0.3) is 6.29 Å². The third-order valence-electron chi connectivity index (χ3n) is 4.99. The number of ether oxygens (including phenoxy) is 5. The van der Waals surface area contributed by atoms with E-state index in [0.717, 1.165) is 0 Å². The molecule has 1 aliphatic carbocycles. The van der Waals surface area contributed by atoms with E-state index in [0.29, 0.717) is 24.0 Å². The average molecular weight is 423 g/mol. The lowest BCUT2D eigenvalue weighted by atomic mass is 10.1. The predicted molar refractivity (Wildman–Crippen MR) is 102 cm³/mol. The van der Waals surface area contributed by atoms with Gasteiger partial charge in [-0.25, -0.2) is 24.5 Å². The molecule has 0 radical (unpaired) electrons. The molecule has 2 aromatic rings. The minimum Gasteiger partial charge on any atom is -0.464 e. The summed E-state index contributed by atoms with van der Waals surface area (Å²) in [6.07, 6.45) is 2.37. The van der Waals surface area contributed by atoms with Crippen LogP contribution < -0.4 is 5.73 Å². The molecular formula is C18H25N5O7. The van der Waals surface area contributed by atoms with Crippen LogP contribution in [-0.2, 0) is 33.3 Å². The highest BCUT2D eigenvalue weighted by Crippen LogP contribution is 2.38. The average Bonchev–Trinajstić information content (AvgIpc) is 3.32. The van der Waals surface area contributed by atoms with E-state index in [2.05, 4.69) is 15.0 Å². The Morgan fingerprint density at radius 1 is 1.20 bits per heavy atom.